The molecular formula is C14H26N4O2S. The van der Waals surface area contributed by atoms with Gasteiger partial charge < -0.3 is 9.47 Å². The molecule has 1 fully saturated rings. The van der Waals surface area contributed by atoms with E-state index < -0.39 is 0 Å². The van der Waals surface area contributed by atoms with Crippen LogP contribution in [0.15, 0.2) is 0 Å². The van der Waals surface area contributed by atoms with Gasteiger partial charge in [0.1, 0.15) is 5.01 Å². The number of rotatable bonds is 8. The summed E-state index contributed by atoms with van der Waals surface area (Å²) in [6, 6.07) is 0.605. The quantitative estimate of drug-likeness (QED) is 0.724. The fourth-order valence-electron chi connectivity index (χ4n) is 2.67. The lowest BCUT2D eigenvalue weighted by molar-refractivity contribution is 0.0464. The van der Waals surface area contributed by atoms with E-state index >= 15 is 0 Å². The Kier molecular flexibility index (Phi) is 6.82. The minimum Gasteiger partial charge on any atom is -0.469 e. The maximum Gasteiger partial charge on any atom is 0.294 e. The molecule has 0 radical (unpaired) electrons. The van der Waals surface area contributed by atoms with E-state index in [2.05, 4.69) is 26.9 Å². The summed E-state index contributed by atoms with van der Waals surface area (Å²) in [5.41, 5.74) is 0. The number of ether oxygens (including phenoxy) is 2. The summed E-state index contributed by atoms with van der Waals surface area (Å²) in [6.07, 6.45) is 1.17. The molecule has 0 bridgehead atoms. The van der Waals surface area contributed by atoms with Gasteiger partial charge in [0.25, 0.3) is 5.19 Å². The van der Waals surface area contributed by atoms with Gasteiger partial charge >= 0.3 is 0 Å². The normalized spacial score (nSPS) is 20.8. The van der Waals surface area contributed by atoms with E-state index in [4.69, 9.17) is 9.47 Å². The number of hydrogen-bond acceptors (Lipinski definition) is 7. The molecule has 21 heavy (non-hydrogen) atoms. The highest BCUT2D eigenvalue weighted by Gasteiger charge is 2.26. The van der Waals surface area contributed by atoms with E-state index in [1.165, 1.54) is 6.42 Å². The van der Waals surface area contributed by atoms with Crippen molar-refractivity contribution < 1.29 is 9.47 Å². The fraction of sp³-hybridized carbons (Fsp3) is 0.857. The van der Waals surface area contributed by atoms with Crippen molar-refractivity contribution in [3.05, 3.63) is 5.01 Å². The minimum atomic E-state index is 0.605. The van der Waals surface area contributed by atoms with Crippen LogP contribution in [0.1, 0.15) is 25.3 Å². The molecule has 0 spiro atoms. The van der Waals surface area contributed by atoms with Gasteiger partial charge in [-0.25, -0.2) is 0 Å². The van der Waals surface area contributed by atoms with Crippen molar-refractivity contribution in [2.24, 2.45) is 0 Å². The first-order valence-electron chi connectivity index (χ1n) is 7.67. The Hall–Kier alpha value is -0.760. The van der Waals surface area contributed by atoms with Crippen LogP contribution in [-0.2, 0) is 11.3 Å². The molecular weight excluding hydrogens is 288 g/mol. The van der Waals surface area contributed by atoms with Gasteiger partial charge in [0.05, 0.1) is 19.8 Å². The molecule has 0 unspecified atom stereocenters. The molecule has 1 aliphatic rings. The van der Waals surface area contributed by atoms with E-state index in [1.807, 2.05) is 6.92 Å². The zero-order valence-electron chi connectivity index (χ0n) is 13.2. The van der Waals surface area contributed by atoms with Gasteiger partial charge in [0, 0.05) is 39.3 Å². The Morgan fingerprint density at radius 1 is 1.29 bits per heavy atom. The van der Waals surface area contributed by atoms with Crippen molar-refractivity contribution in [1.29, 1.82) is 0 Å². The van der Waals surface area contributed by atoms with Crippen LogP contribution < -0.4 is 4.74 Å². The zero-order valence-corrected chi connectivity index (χ0v) is 14.1. The maximum atomic E-state index is 5.38. The largest absolute Gasteiger partial charge is 0.469 e. The smallest absolute Gasteiger partial charge is 0.294 e. The van der Waals surface area contributed by atoms with Crippen LogP contribution in [0.25, 0.3) is 0 Å². The molecule has 120 valence electrons. The van der Waals surface area contributed by atoms with Crippen LogP contribution in [0.5, 0.6) is 5.19 Å². The molecule has 2 heterocycles. The Balaban J connectivity index is 1.84. The minimum absolute atomic E-state index is 0.605. The van der Waals surface area contributed by atoms with Gasteiger partial charge in [-0.15, -0.1) is 10.2 Å². The third-order valence-electron chi connectivity index (χ3n) is 3.82. The van der Waals surface area contributed by atoms with Crippen molar-refractivity contribution in [2.45, 2.75) is 32.9 Å². The van der Waals surface area contributed by atoms with Gasteiger partial charge in [-0.2, -0.15) is 0 Å². The number of piperazine rings is 1. The van der Waals surface area contributed by atoms with Crippen molar-refractivity contribution >= 4 is 11.3 Å². The summed E-state index contributed by atoms with van der Waals surface area (Å²) in [5, 5.41) is 9.99. The maximum absolute atomic E-state index is 5.38. The highest BCUT2D eigenvalue weighted by Crippen LogP contribution is 2.21. The molecule has 0 saturated carbocycles. The highest BCUT2D eigenvalue weighted by atomic mass is 32.1. The van der Waals surface area contributed by atoms with Crippen LogP contribution in [0.3, 0.4) is 0 Å². The molecule has 0 amide bonds. The Labute approximate surface area is 131 Å². The van der Waals surface area contributed by atoms with Gasteiger partial charge in [-0.3, -0.25) is 9.80 Å². The monoisotopic (exact) mass is 314 g/mol. The van der Waals surface area contributed by atoms with E-state index in [0.717, 1.165) is 44.3 Å². The van der Waals surface area contributed by atoms with E-state index in [9.17, 15) is 0 Å². The topological polar surface area (TPSA) is 50.7 Å². The summed E-state index contributed by atoms with van der Waals surface area (Å²) in [7, 11) is 1.77. The standard InChI is InChI=1S/C14H26N4O2S/c1-4-12-10-17(6-7-18(12)8-9-19-3)11-13-15-16-14(21-13)20-5-2/h12H,4-11H2,1-3H3/t12-/m1/s1. The molecule has 1 saturated heterocycles. The van der Waals surface area contributed by atoms with Crippen molar-refractivity contribution in [1.82, 2.24) is 20.0 Å². The molecule has 6 nitrogen and oxygen atoms in total. The second-order valence-electron chi connectivity index (χ2n) is 5.22. The Morgan fingerprint density at radius 3 is 2.86 bits per heavy atom. The molecule has 0 N–H and O–H groups in total. The van der Waals surface area contributed by atoms with Crippen LogP contribution >= 0.6 is 11.3 Å². The number of methoxy groups -OCH3 is 1. The zero-order chi connectivity index (χ0) is 15.1. The molecule has 1 aromatic heterocycles. The SMILES string of the molecule is CCOc1nnc(CN2CCN(CCOC)[C@H](CC)C2)s1. The van der Waals surface area contributed by atoms with E-state index in [1.54, 1.807) is 18.4 Å². The van der Waals surface area contributed by atoms with Gasteiger partial charge in [0.2, 0.25) is 0 Å². The molecule has 0 aliphatic carbocycles. The number of aromatic nitrogens is 2. The van der Waals surface area contributed by atoms with Gasteiger partial charge in [-0.1, -0.05) is 18.3 Å². The van der Waals surface area contributed by atoms with E-state index in [-0.39, 0.29) is 0 Å². The van der Waals surface area contributed by atoms with Crippen LogP contribution in [0, 0.1) is 0 Å². The number of hydrogen-bond donors (Lipinski definition) is 0. The first kappa shape index (κ1) is 16.6. The summed E-state index contributed by atoms with van der Waals surface area (Å²) < 4.78 is 10.6. The predicted molar refractivity (Wildman–Crippen MR) is 83.9 cm³/mol. The Bertz CT molecular complexity index is 415. The predicted octanol–water partition coefficient (Wildman–Crippen LogP) is 1.48. The van der Waals surface area contributed by atoms with Crippen LogP contribution in [0.2, 0.25) is 0 Å². The first-order chi connectivity index (χ1) is 10.3. The lowest BCUT2D eigenvalue weighted by Gasteiger charge is -2.40. The van der Waals surface area contributed by atoms with Crippen molar-refractivity contribution in [3.8, 4) is 5.19 Å². The van der Waals surface area contributed by atoms with Gasteiger partial charge in [-0.05, 0) is 13.3 Å². The fourth-order valence-corrected chi connectivity index (χ4v) is 3.46. The summed E-state index contributed by atoms with van der Waals surface area (Å²) in [5.74, 6) is 0. The molecule has 7 heteroatoms. The third-order valence-corrected chi connectivity index (χ3v) is 4.64. The first-order valence-corrected chi connectivity index (χ1v) is 8.49. The second-order valence-corrected chi connectivity index (χ2v) is 6.25. The summed E-state index contributed by atoms with van der Waals surface area (Å²) in [4.78, 5) is 5.00. The van der Waals surface area contributed by atoms with Crippen molar-refractivity contribution in [3.63, 3.8) is 0 Å². The van der Waals surface area contributed by atoms with E-state index in [0.29, 0.717) is 17.8 Å². The molecule has 2 rings (SSSR count). The second kappa shape index (κ2) is 8.63. The molecule has 1 aliphatic heterocycles. The van der Waals surface area contributed by atoms with Crippen molar-refractivity contribution in [2.75, 3.05) is 46.5 Å². The highest BCUT2D eigenvalue weighted by molar-refractivity contribution is 7.13. The average molecular weight is 314 g/mol. The molecule has 1 atom stereocenters. The third kappa shape index (κ3) is 4.88. The Morgan fingerprint density at radius 2 is 2.14 bits per heavy atom. The van der Waals surface area contributed by atoms with Crippen LogP contribution in [0.4, 0.5) is 0 Å². The lowest BCUT2D eigenvalue weighted by Crippen LogP contribution is -2.53. The van der Waals surface area contributed by atoms with Crippen LogP contribution in [-0.4, -0.2) is 72.5 Å². The number of nitrogens with zero attached hydrogens (tertiary/aromatic N) is 4. The average Bonchev–Trinajstić information content (AvgIpc) is 2.93. The lowest BCUT2D eigenvalue weighted by atomic mass is 10.1. The molecule has 1 aromatic rings. The van der Waals surface area contributed by atoms with Gasteiger partial charge in [0.15, 0.2) is 0 Å². The molecule has 0 aromatic carbocycles. The summed E-state index contributed by atoms with van der Waals surface area (Å²) in [6.45, 7) is 10.8. The summed E-state index contributed by atoms with van der Waals surface area (Å²) >= 11 is 1.55.